The van der Waals surface area contributed by atoms with E-state index in [0.29, 0.717) is 35.5 Å². The van der Waals surface area contributed by atoms with Gasteiger partial charge in [-0.3, -0.25) is 19.1 Å². The molecule has 5 nitrogen and oxygen atoms in total. The van der Waals surface area contributed by atoms with Crippen LogP contribution in [0.3, 0.4) is 0 Å². The lowest BCUT2D eigenvalue weighted by Gasteiger charge is -2.18. The number of aliphatic imine (C=N–C) groups is 1. The fourth-order valence-electron chi connectivity index (χ4n) is 4.02. The largest absolute Gasteiger partial charge is 0.465 e. The average Bonchev–Trinajstić information content (AvgIpc) is 2.91. The van der Waals surface area contributed by atoms with Gasteiger partial charge < -0.3 is 4.74 Å². The highest BCUT2D eigenvalue weighted by Gasteiger charge is 2.38. The Hall–Kier alpha value is -3.49. The Kier molecular flexibility index (Phi) is 5.58. The summed E-state index contributed by atoms with van der Waals surface area (Å²) in [6.07, 6.45) is -3.20. The summed E-state index contributed by atoms with van der Waals surface area (Å²) in [5.41, 5.74) is -0.895. The lowest BCUT2D eigenvalue weighted by Crippen LogP contribution is -2.26. The topological polar surface area (TPSA) is 60.7 Å². The van der Waals surface area contributed by atoms with E-state index < -0.39 is 40.9 Å². The number of alkyl halides is 3. The summed E-state index contributed by atoms with van der Waals surface area (Å²) in [5, 5.41) is 0.631. The van der Waals surface area contributed by atoms with Crippen molar-refractivity contribution < 1.29 is 31.9 Å². The predicted octanol–water partition coefficient (Wildman–Crippen LogP) is 4.76. The van der Waals surface area contributed by atoms with E-state index in [9.17, 15) is 27.2 Å². The van der Waals surface area contributed by atoms with Gasteiger partial charge in [-0.05, 0) is 43.2 Å². The minimum atomic E-state index is -4.95. The summed E-state index contributed by atoms with van der Waals surface area (Å²) in [6.45, 7) is 2.06. The van der Waals surface area contributed by atoms with Crippen molar-refractivity contribution in [2.75, 3.05) is 13.2 Å². The summed E-state index contributed by atoms with van der Waals surface area (Å²) in [5.74, 6) is -3.86. The number of hydrogen-bond donors (Lipinski definition) is 0. The van der Waals surface area contributed by atoms with Crippen molar-refractivity contribution in [1.29, 1.82) is 0 Å². The maximum Gasteiger partial charge on any atom is 0.417 e. The molecule has 0 saturated carbocycles. The first kappa shape index (κ1) is 21.7. The molecule has 166 valence electrons. The zero-order valence-corrected chi connectivity index (χ0v) is 16.9. The van der Waals surface area contributed by atoms with Crippen molar-refractivity contribution in [2.24, 2.45) is 4.99 Å². The highest BCUT2D eigenvalue weighted by molar-refractivity contribution is 6.08. The van der Waals surface area contributed by atoms with Crippen LogP contribution in [-0.4, -0.2) is 35.8 Å². The third-order valence-electron chi connectivity index (χ3n) is 5.32. The minimum absolute atomic E-state index is 0.0862. The predicted molar refractivity (Wildman–Crippen MR) is 110 cm³/mol. The third kappa shape index (κ3) is 3.68. The van der Waals surface area contributed by atoms with Crippen LogP contribution in [0.2, 0.25) is 0 Å². The van der Waals surface area contributed by atoms with Crippen LogP contribution in [0.25, 0.3) is 10.9 Å². The minimum Gasteiger partial charge on any atom is -0.465 e. The number of carbonyl (C=O) groups excluding carboxylic acids is 2. The van der Waals surface area contributed by atoms with Gasteiger partial charge in [-0.2, -0.15) is 13.2 Å². The first-order valence-corrected chi connectivity index (χ1v) is 9.94. The summed E-state index contributed by atoms with van der Waals surface area (Å²) in [4.78, 5) is 30.5. The van der Waals surface area contributed by atoms with E-state index in [1.807, 2.05) is 0 Å². The standard InChI is InChI=1S/C23H18F4N2O3/c1-2-32-22(31)17-12-28-10-9-15-14-5-3-4-6-19(14)29(20(15)17)21(30)16-8-7-13(24)11-18(16)23(25,26)27/h3-8,11-12,17H,2,9-10H2,1H3. The van der Waals surface area contributed by atoms with Crippen LogP contribution < -0.4 is 0 Å². The van der Waals surface area contributed by atoms with Crippen molar-refractivity contribution in [1.82, 2.24) is 4.57 Å². The smallest absolute Gasteiger partial charge is 0.417 e. The number of hydrogen-bond acceptors (Lipinski definition) is 4. The number of aromatic nitrogens is 1. The molecule has 32 heavy (non-hydrogen) atoms. The first-order valence-electron chi connectivity index (χ1n) is 9.94. The molecule has 0 N–H and O–H groups in total. The molecule has 4 rings (SSSR count). The molecule has 2 heterocycles. The third-order valence-corrected chi connectivity index (χ3v) is 5.32. The Bertz CT molecular complexity index is 1240. The molecule has 0 fully saturated rings. The van der Waals surface area contributed by atoms with Crippen LogP contribution in [0.1, 0.15) is 40.0 Å². The first-order chi connectivity index (χ1) is 15.2. The number of halogens is 4. The Morgan fingerprint density at radius 2 is 1.94 bits per heavy atom. The number of rotatable bonds is 3. The molecule has 1 aliphatic heterocycles. The van der Waals surface area contributed by atoms with Crippen molar-refractivity contribution in [3.63, 3.8) is 0 Å². The van der Waals surface area contributed by atoms with Crippen LogP contribution in [-0.2, 0) is 22.1 Å². The molecule has 1 unspecified atom stereocenters. The summed E-state index contributed by atoms with van der Waals surface area (Å²) >= 11 is 0. The van der Waals surface area contributed by atoms with Crippen molar-refractivity contribution >= 4 is 29.0 Å². The fourth-order valence-corrected chi connectivity index (χ4v) is 4.02. The van der Waals surface area contributed by atoms with Crippen LogP contribution in [0.5, 0.6) is 0 Å². The van der Waals surface area contributed by atoms with E-state index in [1.165, 1.54) is 6.21 Å². The molecule has 1 aliphatic rings. The molecule has 0 aliphatic carbocycles. The van der Waals surface area contributed by atoms with Crippen molar-refractivity contribution in [3.8, 4) is 0 Å². The van der Waals surface area contributed by atoms with Crippen LogP contribution in [0, 0.1) is 5.82 Å². The van der Waals surface area contributed by atoms with Gasteiger partial charge in [-0.25, -0.2) is 4.39 Å². The second-order valence-electron chi connectivity index (χ2n) is 7.24. The fraction of sp³-hybridized carbons (Fsp3) is 0.261. The molecule has 0 saturated heterocycles. The number of carbonyl (C=O) groups is 2. The van der Waals surface area contributed by atoms with E-state index in [-0.39, 0.29) is 12.3 Å². The van der Waals surface area contributed by atoms with Gasteiger partial charge in [0.25, 0.3) is 5.91 Å². The van der Waals surface area contributed by atoms with E-state index in [1.54, 1.807) is 31.2 Å². The second-order valence-corrected chi connectivity index (χ2v) is 7.24. The molecule has 0 amide bonds. The Balaban J connectivity index is 2.02. The summed E-state index contributed by atoms with van der Waals surface area (Å²) in [6, 6.07) is 8.62. The normalized spacial score (nSPS) is 16.0. The number of nitrogens with zero attached hydrogens (tertiary/aromatic N) is 2. The molecular formula is C23H18F4N2O3. The van der Waals surface area contributed by atoms with Gasteiger partial charge in [0.15, 0.2) is 0 Å². The maximum atomic E-state index is 13.6. The highest BCUT2D eigenvalue weighted by atomic mass is 19.4. The van der Waals surface area contributed by atoms with Crippen LogP contribution >= 0.6 is 0 Å². The number of ether oxygens (including phenoxy) is 1. The number of esters is 1. The molecule has 0 spiro atoms. The quantitative estimate of drug-likeness (QED) is 0.431. The van der Waals surface area contributed by atoms with Gasteiger partial charge in [-0.15, -0.1) is 0 Å². The lowest BCUT2D eigenvalue weighted by molar-refractivity contribution is -0.143. The van der Waals surface area contributed by atoms with E-state index in [2.05, 4.69) is 4.99 Å². The number of benzene rings is 2. The van der Waals surface area contributed by atoms with Crippen LogP contribution in [0.4, 0.5) is 17.6 Å². The SMILES string of the molecule is CCOC(=O)C1C=NCCc2c1n(C(=O)c1ccc(F)cc1C(F)(F)F)c1ccccc21. The summed E-state index contributed by atoms with van der Waals surface area (Å²) < 4.78 is 60.8. The molecule has 3 aromatic rings. The molecule has 0 bridgehead atoms. The van der Waals surface area contributed by atoms with E-state index >= 15 is 0 Å². The van der Waals surface area contributed by atoms with Crippen molar-refractivity contribution in [3.05, 3.63) is 70.7 Å². The Morgan fingerprint density at radius 1 is 1.19 bits per heavy atom. The summed E-state index contributed by atoms with van der Waals surface area (Å²) in [7, 11) is 0. The van der Waals surface area contributed by atoms with Gasteiger partial charge in [0.2, 0.25) is 0 Å². The molecular weight excluding hydrogens is 428 g/mol. The monoisotopic (exact) mass is 446 g/mol. The average molecular weight is 446 g/mol. The second kappa shape index (κ2) is 8.22. The van der Waals surface area contributed by atoms with Gasteiger partial charge in [-0.1, -0.05) is 18.2 Å². The van der Waals surface area contributed by atoms with Gasteiger partial charge >= 0.3 is 12.1 Å². The Morgan fingerprint density at radius 3 is 2.66 bits per heavy atom. The Labute approximate surface area is 180 Å². The van der Waals surface area contributed by atoms with Crippen LogP contribution in [0.15, 0.2) is 47.5 Å². The van der Waals surface area contributed by atoms with Gasteiger partial charge in [0, 0.05) is 23.8 Å². The zero-order valence-electron chi connectivity index (χ0n) is 16.9. The zero-order chi connectivity index (χ0) is 23.0. The number of fused-ring (bicyclic) bond motifs is 3. The molecule has 1 atom stereocenters. The number of para-hydroxylation sites is 1. The molecule has 1 aromatic heterocycles. The van der Waals surface area contributed by atoms with E-state index in [4.69, 9.17) is 4.74 Å². The van der Waals surface area contributed by atoms with E-state index in [0.717, 1.165) is 16.7 Å². The maximum absolute atomic E-state index is 13.6. The molecule has 0 radical (unpaired) electrons. The lowest BCUT2D eigenvalue weighted by atomic mass is 9.99. The molecule has 2 aromatic carbocycles. The molecule has 9 heteroatoms. The van der Waals surface area contributed by atoms with Gasteiger partial charge in [0.05, 0.1) is 23.3 Å². The highest BCUT2D eigenvalue weighted by Crippen LogP contribution is 2.37. The van der Waals surface area contributed by atoms with Gasteiger partial charge in [0.1, 0.15) is 11.7 Å². The van der Waals surface area contributed by atoms with Crippen molar-refractivity contribution in [2.45, 2.75) is 25.4 Å².